The van der Waals surface area contributed by atoms with Gasteiger partial charge in [-0.1, -0.05) is 24.2 Å². The number of anilines is 2. The minimum Gasteiger partial charge on any atom is -0.497 e. The molecule has 0 bridgehead atoms. The molecule has 3 amide bonds. The van der Waals surface area contributed by atoms with E-state index in [1.807, 2.05) is 38.2 Å². The Morgan fingerprint density at radius 2 is 1.95 bits per heavy atom. The number of fused-ring (bicyclic) bond motifs is 1. The first-order chi connectivity index (χ1) is 19.6. The van der Waals surface area contributed by atoms with Crippen LogP contribution in [0.15, 0.2) is 47.0 Å². The molecule has 11 nitrogen and oxygen atoms in total. The third-order valence-electron chi connectivity index (χ3n) is 7.30. The Kier molecular flexibility index (Phi) is 9.51. The third kappa shape index (κ3) is 7.17. The van der Waals surface area contributed by atoms with Crippen molar-refractivity contribution in [2.24, 2.45) is 5.92 Å². The molecule has 0 aliphatic carbocycles. The molecule has 1 aliphatic heterocycles. The van der Waals surface area contributed by atoms with Crippen LogP contribution in [-0.4, -0.2) is 78.0 Å². The number of aliphatic hydroxyl groups excluding tert-OH is 1. The number of methoxy groups -OCH3 is 1. The van der Waals surface area contributed by atoms with Gasteiger partial charge < -0.3 is 34.6 Å². The van der Waals surface area contributed by atoms with Gasteiger partial charge in [-0.25, -0.2) is 4.79 Å². The lowest BCUT2D eigenvalue weighted by Gasteiger charge is -2.38. The van der Waals surface area contributed by atoms with E-state index in [4.69, 9.17) is 14.0 Å². The standard InChI is InChI=1S/C30H39N5O6/c1-18-14-35(19(2)17-36)29(37)25-13-23(31-30(38)32-28-20(3)33-41-21(28)4)9-12-26(25)40-27(18)16-34(5)15-22-7-10-24(39-6)11-8-22/h7-13,18-19,27,36H,14-17H2,1-6H3,(H2,31,32,38)/t18-,19+,27-/m1/s1. The minimum absolute atomic E-state index is 0.0157. The highest BCUT2D eigenvalue weighted by Crippen LogP contribution is 2.31. The monoisotopic (exact) mass is 565 g/mol. The Bertz CT molecular complexity index is 1340. The van der Waals surface area contributed by atoms with Crippen LogP contribution < -0.4 is 20.1 Å². The maximum atomic E-state index is 13.7. The van der Waals surface area contributed by atoms with Gasteiger partial charge in [0.1, 0.15) is 29.0 Å². The van der Waals surface area contributed by atoms with Gasteiger partial charge in [-0.15, -0.1) is 0 Å². The summed E-state index contributed by atoms with van der Waals surface area (Å²) in [5, 5.41) is 19.3. The molecule has 41 heavy (non-hydrogen) atoms. The van der Waals surface area contributed by atoms with Gasteiger partial charge in [-0.2, -0.15) is 0 Å². The summed E-state index contributed by atoms with van der Waals surface area (Å²) in [6.07, 6.45) is -0.236. The number of aryl methyl sites for hydroxylation is 2. The Balaban J connectivity index is 1.55. The number of aliphatic hydroxyl groups is 1. The van der Waals surface area contributed by atoms with Crippen LogP contribution in [0.5, 0.6) is 11.5 Å². The Morgan fingerprint density at radius 3 is 2.59 bits per heavy atom. The molecule has 0 saturated carbocycles. The van der Waals surface area contributed by atoms with Crippen molar-refractivity contribution in [2.45, 2.75) is 46.4 Å². The summed E-state index contributed by atoms with van der Waals surface area (Å²) in [4.78, 5) is 30.3. The second-order valence-corrected chi connectivity index (χ2v) is 10.7. The van der Waals surface area contributed by atoms with Crippen molar-refractivity contribution in [3.05, 3.63) is 65.0 Å². The molecule has 11 heteroatoms. The number of benzene rings is 2. The first kappa shape index (κ1) is 29.9. The highest BCUT2D eigenvalue weighted by molar-refractivity contribution is 6.03. The van der Waals surface area contributed by atoms with Crippen molar-refractivity contribution in [3.8, 4) is 11.5 Å². The Morgan fingerprint density at radius 1 is 1.22 bits per heavy atom. The topological polar surface area (TPSA) is 129 Å². The average molecular weight is 566 g/mol. The van der Waals surface area contributed by atoms with E-state index in [9.17, 15) is 14.7 Å². The smallest absolute Gasteiger partial charge is 0.323 e. The third-order valence-corrected chi connectivity index (χ3v) is 7.30. The summed E-state index contributed by atoms with van der Waals surface area (Å²) in [7, 11) is 3.68. The van der Waals surface area contributed by atoms with Crippen LogP contribution in [0.2, 0.25) is 0 Å². The zero-order chi connectivity index (χ0) is 29.7. The second kappa shape index (κ2) is 13.0. The summed E-state index contributed by atoms with van der Waals surface area (Å²) in [6, 6.07) is 12.1. The molecule has 3 N–H and O–H groups in total. The molecular formula is C30H39N5O6. The summed E-state index contributed by atoms with van der Waals surface area (Å²) in [6.45, 7) is 8.87. The normalized spacial score (nSPS) is 17.8. The van der Waals surface area contributed by atoms with Crippen LogP contribution in [0.3, 0.4) is 0 Å². The molecule has 220 valence electrons. The van der Waals surface area contributed by atoms with Crippen molar-refractivity contribution >= 4 is 23.3 Å². The number of amides is 3. The fourth-order valence-corrected chi connectivity index (χ4v) is 4.87. The minimum atomic E-state index is -0.495. The molecule has 4 rings (SSSR count). The molecule has 1 aliphatic rings. The Hall–Kier alpha value is -4.09. The summed E-state index contributed by atoms with van der Waals surface area (Å²) in [5.41, 5.74) is 2.93. The first-order valence-corrected chi connectivity index (χ1v) is 13.6. The lowest BCUT2D eigenvalue weighted by Crippen LogP contribution is -2.49. The number of carbonyl (C=O) groups is 2. The van der Waals surface area contributed by atoms with Gasteiger partial charge in [-0.05, 0) is 63.7 Å². The largest absolute Gasteiger partial charge is 0.497 e. The van der Waals surface area contributed by atoms with Crippen molar-refractivity contribution in [1.82, 2.24) is 15.0 Å². The van der Waals surface area contributed by atoms with Crippen LogP contribution in [0.25, 0.3) is 0 Å². The van der Waals surface area contributed by atoms with Crippen LogP contribution in [0.1, 0.15) is 41.2 Å². The van der Waals surface area contributed by atoms with Gasteiger partial charge in [0.25, 0.3) is 5.91 Å². The molecule has 2 heterocycles. The number of hydrogen-bond donors (Lipinski definition) is 3. The number of ether oxygens (including phenoxy) is 2. The lowest BCUT2D eigenvalue weighted by atomic mass is 9.99. The van der Waals surface area contributed by atoms with Crippen LogP contribution in [-0.2, 0) is 6.54 Å². The summed E-state index contributed by atoms with van der Waals surface area (Å²) >= 11 is 0. The van der Waals surface area contributed by atoms with Crippen LogP contribution in [0.4, 0.5) is 16.2 Å². The molecular weight excluding hydrogens is 526 g/mol. The predicted molar refractivity (Wildman–Crippen MR) is 156 cm³/mol. The second-order valence-electron chi connectivity index (χ2n) is 10.7. The molecule has 3 atom stereocenters. The lowest BCUT2D eigenvalue weighted by molar-refractivity contribution is 0.0341. The molecule has 3 aromatic rings. The quantitative estimate of drug-likeness (QED) is 0.350. The summed E-state index contributed by atoms with van der Waals surface area (Å²) in [5.74, 6) is 1.44. The molecule has 0 unspecified atom stereocenters. The van der Waals surface area contributed by atoms with E-state index in [0.717, 1.165) is 11.3 Å². The number of rotatable bonds is 9. The van der Waals surface area contributed by atoms with E-state index < -0.39 is 12.1 Å². The van der Waals surface area contributed by atoms with Crippen molar-refractivity contribution in [1.29, 1.82) is 0 Å². The predicted octanol–water partition coefficient (Wildman–Crippen LogP) is 4.30. The number of aromatic nitrogens is 1. The van der Waals surface area contributed by atoms with Crippen LogP contribution in [0, 0.1) is 19.8 Å². The van der Waals surface area contributed by atoms with Gasteiger partial charge in [0.05, 0.1) is 25.3 Å². The molecule has 0 radical (unpaired) electrons. The zero-order valence-corrected chi connectivity index (χ0v) is 24.4. The SMILES string of the molecule is COc1ccc(CN(C)C[C@H]2Oc3ccc(NC(=O)Nc4c(C)noc4C)cc3C(=O)N([C@@H](C)CO)C[C@H]2C)cc1. The molecule has 2 aromatic carbocycles. The van der Waals surface area contributed by atoms with Gasteiger partial charge in [0.2, 0.25) is 0 Å². The van der Waals surface area contributed by atoms with Gasteiger partial charge in [0.15, 0.2) is 5.76 Å². The number of nitrogens with one attached hydrogen (secondary N) is 2. The van der Waals surface area contributed by atoms with Gasteiger partial charge >= 0.3 is 6.03 Å². The highest BCUT2D eigenvalue weighted by atomic mass is 16.5. The fourth-order valence-electron chi connectivity index (χ4n) is 4.87. The summed E-state index contributed by atoms with van der Waals surface area (Å²) < 4.78 is 16.8. The number of urea groups is 1. The molecule has 0 spiro atoms. The Labute approximate surface area is 240 Å². The molecule has 1 aromatic heterocycles. The van der Waals surface area contributed by atoms with Crippen LogP contribution >= 0.6 is 0 Å². The van der Waals surface area contributed by atoms with Crippen molar-refractivity contribution in [3.63, 3.8) is 0 Å². The van der Waals surface area contributed by atoms with E-state index in [2.05, 4.69) is 27.6 Å². The number of nitrogens with zero attached hydrogens (tertiary/aromatic N) is 3. The molecule has 0 saturated heterocycles. The first-order valence-electron chi connectivity index (χ1n) is 13.6. The maximum Gasteiger partial charge on any atom is 0.323 e. The number of likely N-dealkylation sites (N-methyl/N-ethyl adjacent to an activating group) is 1. The maximum absolute atomic E-state index is 13.7. The van der Waals surface area contributed by atoms with Crippen molar-refractivity contribution < 1.29 is 28.7 Å². The van der Waals surface area contributed by atoms with Crippen molar-refractivity contribution in [2.75, 3.05) is 44.5 Å². The zero-order valence-electron chi connectivity index (χ0n) is 24.4. The fraction of sp³-hybridized carbons (Fsp3) is 0.433. The number of hydrogen-bond acceptors (Lipinski definition) is 8. The van der Waals surface area contributed by atoms with E-state index in [0.29, 0.717) is 53.8 Å². The number of carbonyl (C=O) groups excluding carboxylic acids is 2. The van der Waals surface area contributed by atoms with E-state index in [1.54, 1.807) is 44.1 Å². The van der Waals surface area contributed by atoms with E-state index >= 15 is 0 Å². The highest BCUT2D eigenvalue weighted by Gasteiger charge is 2.33. The van der Waals surface area contributed by atoms with E-state index in [-0.39, 0.29) is 24.5 Å². The van der Waals surface area contributed by atoms with Gasteiger partial charge in [0, 0.05) is 31.2 Å². The van der Waals surface area contributed by atoms with E-state index in [1.165, 1.54) is 0 Å². The van der Waals surface area contributed by atoms with Gasteiger partial charge in [-0.3, -0.25) is 9.69 Å². The molecule has 0 fully saturated rings. The average Bonchev–Trinajstić information content (AvgIpc) is 3.27.